The average Bonchev–Trinajstić information content (AvgIpc) is 2.94. The lowest BCUT2D eigenvalue weighted by molar-refractivity contribution is -0.123. The van der Waals surface area contributed by atoms with Crippen molar-refractivity contribution < 1.29 is 23.1 Å². The molecule has 2 N–H and O–H groups in total. The molecule has 1 aromatic carbocycles. The Morgan fingerprint density at radius 1 is 1.15 bits per heavy atom. The Morgan fingerprint density at radius 2 is 1.85 bits per heavy atom. The first-order valence-electron chi connectivity index (χ1n) is 8.36. The number of anilines is 1. The second kappa shape index (κ2) is 8.47. The van der Waals surface area contributed by atoms with Crippen molar-refractivity contribution in [3.63, 3.8) is 0 Å². The number of thiophene rings is 1. The van der Waals surface area contributed by atoms with E-state index in [0.29, 0.717) is 9.88 Å². The summed E-state index contributed by atoms with van der Waals surface area (Å²) in [6.07, 6.45) is 0. The molecule has 1 heterocycles. The average molecular weight is 396 g/mol. The lowest BCUT2D eigenvalue weighted by atomic mass is 9.96. The molecule has 1 aromatic heterocycles. The van der Waals surface area contributed by atoms with Gasteiger partial charge in [0.05, 0.1) is 16.4 Å². The van der Waals surface area contributed by atoms with Crippen LogP contribution in [-0.4, -0.2) is 25.0 Å². The minimum Gasteiger partial charge on any atom is -0.492 e. The Balaban J connectivity index is 1.87. The van der Waals surface area contributed by atoms with E-state index in [1.807, 2.05) is 20.8 Å². The third kappa shape index (κ3) is 5.75. The Bertz CT molecular complexity index is 844. The predicted molar refractivity (Wildman–Crippen MR) is 101 cm³/mol. The van der Waals surface area contributed by atoms with E-state index in [0.717, 1.165) is 17.7 Å². The Hall–Kier alpha value is -2.48. The summed E-state index contributed by atoms with van der Waals surface area (Å²) >= 11 is 1.19. The van der Waals surface area contributed by atoms with Crippen LogP contribution in [0, 0.1) is 24.0 Å². The number of ether oxygens (including phenoxy) is 1. The van der Waals surface area contributed by atoms with E-state index >= 15 is 0 Å². The minimum absolute atomic E-state index is 0.106. The van der Waals surface area contributed by atoms with Crippen LogP contribution in [0.2, 0.25) is 0 Å². The summed E-state index contributed by atoms with van der Waals surface area (Å²) in [4.78, 5) is 24.8. The number of halogens is 2. The number of nitrogens with one attached hydrogen (secondary N) is 2. The molecular weight excluding hydrogens is 374 g/mol. The van der Waals surface area contributed by atoms with Gasteiger partial charge in [-0.15, -0.1) is 11.3 Å². The number of rotatable bonds is 6. The maximum atomic E-state index is 13.1. The highest BCUT2D eigenvalue weighted by molar-refractivity contribution is 7.18. The van der Waals surface area contributed by atoms with Crippen LogP contribution in [0.1, 0.15) is 36.0 Å². The zero-order valence-corrected chi connectivity index (χ0v) is 16.4. The molecule has 2 aromatic rings. The number of benzene rings is 1. The van der Waals surface area contributed by atoms with E-state index < -0.39 is 17.0 Å². The summed E-state index contributed by atoms with van der Waals surface area (Å²) in [5, 5.41) is 6.11. The van der Waals surface area contributed by atoms with Crippen molar-refractivity contribution in [3.05, 3.63) is 46.3 Å². The van der Waals surface area contributed by atoms with Crippen LogP contribution in [0.3, 0.4) is 0 Å². The monoisotopic (exact) mass is 396 g/mol. The number of carbonyl (C=O) groups is 2. The zero-order valence-electron chi connectivity index (χ0n) is 15.6. The lowest BCUT2D eigenvalue weighted by Gasteiger charge is -2.16. The van der Waals surface area contributed by atoms with Gasteiger partial charge in [0.15, 0.2) is 11.6 Å². The van der Waals surface area contributed by atoms with Gasteiger partial charge in [-0.3, -0.25) is 9.59 Å². The molecular formula is C19H22F2N2O3S. The van der Waals surface area contributed by atoms with Crippen molar-refractivity contribution in [2.45, 2.75) is 27.7 Å². The van der Waals surface area contributed by atoms with Crippen LogP contribution in [0.15, 0.2) is 24.3 Å². The van der Waals surface area contributed by atoms with E-state index in [9.17, 15) is 18.4 Å². The van der Waals surface area contributed by atoms with Gasteiger partial charge in [-0.05, 0) is 30.7 Å². The van der Waals surface area contributed by atoms with Gasteiger partial charge in [0.1, 0.15) is 12.4 Å². The number of hydrogen-bond donors (Lipinski definition) is 2. The van der Waals surface area contributed by atoms with Crippen molar-refractivity contribution in [2.24, 2.45) is 5.41 Å². The molecule has 0 saturated heterocycles. The molecule has 2 amide bonds. The van der Waals surface area contributed by atoms with Crippen molar-refractivity contribution in [1.82, 2.24) is 5.32 Å². The summed E-state index contributed by atoms with van der Waals surface area (Å²) < 4.78 is 31.2. The lowest BCUT2D eigenvalue weighted by Crippen LogP contribution is -2.28. The van der Waals surface area contributed by atoms with Crippen LogP contribution in [-0.2, 0) is 4.79 Å². The Labute approximate surface area is 160 Å². The summed E-state index contributed by atoms with van der Waals surface area (Å²) in [7, 11) is 0. The van der Waals surface area contributed by atoms with Crippen molar-refractivity contribution in [2.75, 3.05) is 18.5 Å². The normalized spacial score (nSPS) is 11.2. The van der Waals surface area contributed by atoms with Crippen LogP contribution in [0.4, 0.5) is 13.8 Å². The standard InChI is InChI=1S/C19H22F2N2O3S/c1-11-9-15(23-18(25)19(2,3)4)27-16(11)17(24)22-7-8-26-12-5-6-13(20)14(21)10-12/h5-6,9-10H,7-8H2,1-4H3,(H,22,24)(H,23,25). The molecule has 0 atom stereocenters. The van der Waals surface area contributed by atoms with Crippen molar-refractivity contribution in [3.8, 4) is 5.75 Å². The molecule has 27 heavy (non-hydrogen) atoms. The van der Waals surface area contributed by atoms with Gasteiger partial charge in [-0.1, -0.05) is 20.8 Å². The van der Waals surface area contributed by atoms with Crippen molar-refractivity contribution in [1.29, 1.82) is 0 Å². The van der Waals surface area contributed by atoms with Gasteiger partial charge in [0, 0.05) is 11.5 Å². The molecule has 0 bridgehead atoms. The molecule has 0 fully saturated rings. The van der Waals surface area contributed by atoms with Crippen LogP contribution in [0.25, 0.3) is 0 Å². The zero-order chi connectivity index (χ0) is 20.2. The quantitative estimate of drug-likeness (QED) is 0.722. The first-order chi connectivity index (χ1) is 12.6. The van der Waals surface area contributed by atoms with E-state index in [1.165, 1.54) is 17.4 Å². The molecule has 0 saturated carbocycles. The number of amides is 2. The highest BCUT2D eigenvalue weighted by atomic mass is 32.1. The molecule has 2 rings (SSSR count). The first-order valence-corrected chi connectivity index (χ1v) is 9.17. The molecule has 146 valence electrons. The fraction of sp³-hybridized carbons (Fsp3) is 0.368. The molecule has 0 radical (unpaired) electrons. The predicted octanol–water partition coefficient (Wildman–Crippen LogP) is 4.13. The topological polar surface area (TPSA) is 67.4 Å². The molecule has 0 aliphatic heterocycles. The van der Waals surface area contributed by atoms with Crippen LogP contribution < -0.4 is 15.4 Å². The molecule has 0 unspecified atom stereocenters. The highest BCUT2D eigenvalue weighted by Gasteiger charge is 2.23. The molecule has 5 nitrogen and oxygen atoms in total. The first kappa shape index (κ1) is 20.8. The SMILES string of the molecule is Cc1cc(NC(=O)C(C)(C)C)sc1C(=O)NCCOc1ccc(F)c(F)c1. The van der Waals surface area contributed by atoms with Gasteiger partial charge in [0.2, 0.25) is 5.91 Å². The van der Waals surface area contributed by atoms with E-state index in [4.69, 9.17) is 4.74 Å². The second-order valence-corrected chi connectivity index (χ2v) is 8.06. The second-order valence-electron chi connectivity index (χ2n) is 7.01. The van der Waals surface area contributed by atoms with E-state index in [-0.39, 0.29) is 30.7 Å². The van der Waals surface area contributed by atoms with Crippen molar-refractivity contribution >= 4 is 28.2 Å². The summed E-state index contributed by atoms with van der Waals surface area (Å²) in [5.41, 5.74) is 0.223. The maximum absolute atomic E-state index is 13.1. The molecule has 0 spiro atoms. The molecule has 0 aliphatic carbocycles. The van der Waals surface area contributed by atoms with Gasteiger partial charge in [0.25, 0.3) is 5.91 Å². The number of carbonyl (C=O) groups excluding carboxylic acids is 2. The van der Waals surface area contributed by atoms with Crippen LogP contribution >= 0.6 is 11.3 Å². The maximum Gasteiger partial charge on any atom is 0.261 e. The van der Waals surface area contributed by atoms with Gasteiger partial charge in [-0.25, -0.2) is 8.78 Å². The number of aryl methyl sites for hydroxylation is 1. The fourth-order valence-corrected chi connectivity index (χ4v) is 3.03. The van der Waals surface area contributed by atoms with Gasteiger partial charge < -0.3 is 15.4 Å². The third-order valence-electron chi connectivity index (χ3n) is 3.59. The van der Waals surface area contributed by atoms with E-state index in [2.05, 4.69) is 10.6 Å². The highest BCUT2D eigenvalue weighted by Crippen LogP contribution is 2.28. The Kier molecular flexibility index (Phi) is 6.54. The van der Waals surface area contributed by atoms with E-state index in [1.54, 1.807) is 13.0 Å². The summed E-state index contributed by atoms with van der Waals surface area (Å²) in [6, 6.07) is 4.99. The van der Waals surface area contributed by atoms with Crippen LogP contribution in [0.5, 0.6) is 5.75 Å². The smallest absolute Gasteiger partial charge is 0.261 e. The molecule has 0 aliphatic rings. The fourth-order valence-electron chi connectivity index (χ4n) is 2.05. The third-order valence-corrected chi connectivity index (χ3v) is 4.74. The number of hydrogen-bond acceptors (Lipinski definition) is 4. The minimum atomic E-state index is -0.990. The largest absolute Gasteiger partial charge is 0.492 e. The van der Waals surface area contributed by atoms with Gasteiger partial charge >= 0.3 is 0 Å². The Morgan fingerprint density at radius 3 is 2.48 bits per heavy atom. The van der Waals surface area contributed by atoms with Gasteiger partial charge in [-0.2, -0.15) is 0 Å². The summed E-state index contributed by atoms with van der Waals surface area (Å²) in [5.74, 6) is -2.17. The molecule has 8 heteroatoms. The summed E-state index contributed by atoms with van der Waals surface area (Å²) in [6.45, 7) is 7.51.